The first kappa shape index (κ1) is 15.2. The van der Waals surface area contributed by atoms with Crippen molar-refractivity contribution in [1.82, 2.24) is 4.90 Å². The Morgan fingerprint density at radius 3 is 2.60 bits per heavy atom. The molecule has 2 rings (SSSR count). The molecule has 0 radical (unpaired) electrons. The Bertz CT molecular complexity index is 455. The van der Waals surface area contributed by atoms with Gasteiger partial charge in [0.2, 0.25) is 0 Å². The molecule has 0 bridgehead atoms. The van der Waals surface area contributed by atoms with Crippen LogP contribution in [0.1, 0.15) is 44.5 Å². The minimum Gasteiger partial charge on any atom is -0.370 e. The smallest absolute Gasteiger partial charge is 0.179 e. The molecular formula is C17H25NO2. The van der Waals surface area contributed by atoms with Crippen molar-refractivity contribution in [2.75, 3.05) is 13.1 Å². The largest absolute Gasteiger partial charge is 0.370 e. The van der Waals surface area contributed by atoms with Crippen LogP contribution in [-0.2, 0) is 4.74 Å². The molecule has 1 fully saturated rings. The number of ether oxygens (including phenoxy) is 1. The molecule has 2 atom stereocenters. The first-order chi connectivity index (χ1) is 9.43. The van der Waals surface area contributed by atoms with Crippen LogP contribution in [0.3, 0.4) is 0 Å². The fraction of sp³-hybridized carbons (Fsp3) is 0.588. The molecule has 1 aliphatic rings. The van der Waals surface area contributed by atoms with E-state index in [1.54, 1.807) is 0 Å². The van der Waals surface area contributed by atoms with Crippen LogP contribution in [0.5, 0.6) is 0 Å². The van der Waals surface area contributed by atoms with E-state index in [2.05, 4.69) is 32.6 Å². The van der Waals surface area contributed by atoms with Crippen LogP contribution in [0.25, 0.3) is 0 Å². The normalized spacial score (nSPS) is 24.3. The monoisotopic (exact) mass is 275 g/mol. The third kappa shape index (κ3) is 3.47. The van der Waals surface area contributed by atoms with E-state index in [1.807, 2.05) is 30.3 Å². The van der Waals surface area contributed by atoms with Gasteiger partial charge in [0.1, 0.15) is 0 Å². The molecule has 1 aromatic rings. The maximum absolute atomic E-state index is 12.7. The van der Waals surface area contributed by atoms with Crippen molar-refractivity contribution in [2.24, 2.45) is 0 Å². The Morgan fingerprint density at radius 1 is 1.40 bits per heavy atom. The van der Waals surface area contributed by atoms with Crippen molar-refractivity contribution < 1.29 is 9.53 Å². The lowest BCUT2D eigenvalue weighted by molar-refractivity contribution is -0.134. The van der Waals surface area contributed by atoms with Gasteiger partial charge in [0.25, 0.3) is 0 Å². The highest BCUT2D eigenvalue weighted by Gasteiger charge is 2.36. The average Bonchev–Trinajstić information content (AvgIpc) is 2.38. The van der Waals surface area contributed by atoms with E-state index in [0.29, 0.717) is 0 Å². The number of morpholine rings is 1. The molecule has 20 heavy (non-hydrogen) atoms. The molecule has 2 unspecified atom stereocenters. The topological polar surface area (TPSA) is 29.5 Å². The number of carbonyl (C=O) groups is 1. The summed E-state index contributed by atoms with van der Waals surface area (Å²) in [5.41, 5.74) is 0.610. The van der Waals surface area contributed by atoms with Crippen LogP contribution in [0.4, 0.5) is 0 Å². The van der Waals surface area contributed by atoms with E-state index < -0.39 is 0 Å². The summed E-state index contributed by atoms with van der Waals surface area (Å²) in [5, 5.41) is 0. The molecule has 1 saturated heterocycles. The van der Waals surface area contributed by atoms with Crippen molar-refractivity contribution in [3.05, 3.63) is 35.9 Å². The minimum atomic E-state index is -0.192. The van der Waals surface area contributed by atoms with Gasteiger partial charge >= 0.3 is 0 Å². The summed E-state index contributed by atoms with van der Waals surface area (Å²) < 4.78 is 5.93. The van der Waals surface area contributed by atoms with Gasteiger partial charge in [0.05, 0.1) is 17.7 Å². The van der Waals surface area contributed by atoms with Crippen molar-refractivity contribution >= 4 is 5.78 Å². The molecule has 3 heteroatoms. The van der Waals surface area contributed by atoms with Crippen LogP contribution in [-0.4, -0.2) is 41.5 Å². The van der Waals surface area contributed by atoms with Gasteiger partial charge in [0, 0.05) is 18.7 Å². The Labute approximate surface area is 121 Å². The third-order valence-electron chi connectivity index (χ3n) is 3.78. The molecule has 1 heterocycles. The van der Waals surface area contributed by atoms with Crippen LogP contribution >= 0.6 is 0 Å². The molecule has 110 valence electrons. The van der Waals surface area contributed by atoms with Crippen molar-refractivity contribution in [1.29, 1.82) is 0 Å². The molecule has 0 spiro atoms. The van der Waals surface area contributed by atoms with Crippen LogP contribution < -0.4 is 0 Å². The summed E-state index contributed by atoms with van der Waals surface area (Å²) in [7, 11) is 0. The molecule has 3 nitrogen and oxygen atoms in total. The summed E-state index contributed by atoms with van der Waals surface area (Å²) in [6, 6.07) is 9.54. The second kappa shape index (κ2) is 6.06. The molecule has 0 N–H and O–H groups in total. The van der Waals surface area contributed by atoms with Gasteiger partial charge in [-0.3, -0.25) is 9.69 Å². The Morgan fingerprint density at radius 2 is 2.05 bits per heavy atom. The van der Waals surface area contributed by atoms with E-state index in [0.717, 1.165) is 25.1 Å². The van der Waals surface area contributed by atoms with Crippen molar-refractivity contribution in [3.63, 3.8) is 0 Å². The van der Waals surface area contributed by atoms with E-state index in [1.165, 1.54) is 0 Å². The highest BCUT2D eigenvalue weighted by Crippen LogP contribution is 2.24. The number of hydrogen-bond donors (Lipinski definition) is 0. The number of carbonyl (C=O) groups excluding carboxylic acids is 1. The predicted molar refractivity (Wildman–Crippen MR) is 81.1 cm³/mol. The lowest BCUT2D eigenvalue weighted by atomic mass is 9.97. The zero-order valence-corrected chi connectivity index (χ0v) is 12.9. The predicted octanol–water partition coefficient (Wildman–Crippen LogP) is 3.15. The summed E-state index contributed by atoms with van der Waals surface area (Å²) in [6.07, 6.45) is 0.993. The van der Waals surface area contributed by atoms with Crippen LogP contribution in [0.2, 0.25) is 0 Å². The Hall–Kier alpha value is -1.19. The van der Waals surface area contributed by atoms with Gasteiger partial charge in [-0.2, -0.15) is 0 Å². The first-order valence-electron chi connectivity index (χ1n) is 7.44. The van der Waals surface area contributed by atoms with Crippen molar-refractivity contribution in [2.45, 2.75) is 51.9 Å². The third-order valence-corrected chi connectivity index (χ3v) is 3.78. The quantitative estimate of drug-likeness (QED) is 0.791. The number of ketones is 1. The minimum absolute atomic E-state index is 0.0528. The number of hydrogen-bond acceptors (Lipinski definition) is 3. The number of rotatable bonds is 4. The van der Waals surface area contributed by atoms with Crippen molar-refractivity contribution in [3.8, 4) is 0 Å². The standard InChI is InChI=1S/C17H25NO2/c1-5-15(16(19)14-9-7-6-8-10-14)18-11-13(2)20-17(3,4)12-18/h6-10,13,15H,5,11-12H2,1-4H3. The van der Waals surface area contributed by atoms with Gasteiger partial charge < -0.3 is 4.74 Å². The van der Waals surface area contributed by atoms with Crippen LogP contribution in [0.15, 0.2) is 30.3 Å². The van der Waals surface area contributed by atoms with Gasteiger partial charge in [-0.15, -0.1) is 0 Å². The summed E-state index contributed by atoms with van der Waals surface area (Å²) >= 11 is 0. The molecule has 1 aliphatic heterocycles. The Balaban J connectivity index is 2.17. The molecule has 0 amide bonds. The molecular weight excluding hydrogens is 250 g/mol. The van der Waals surface area contributed by atoms with E-state index in [9.17, 15) is 4.79 Å². The first-order valence-corrected chi connectivity index (χ1v) is 7.44. The zero-order valence-electron chi connectivity index (χ0n) is 12.9. The van der Waals surface area contributed by atoms with Gasteiger partial charge in [-0.1, -0.05) is 37.3 Å². The number of benzene rings is 1. The van der Waals surface area contributed by atoms with E-state index in [4.69, 9.17) is 4.74 Å². The lowest BCUT2D eigenvalue weighted by Gasteiger charge is -2.44. The fourth-order valence-corrected chi connectivity index (χ4v) is 3.14. The molecule has 0 aliphatic carbocycles. The van der Waals surface area contributed by atoms with Gasteiger partial charge in [-0.05, 0) is 27.2 Å². The molecule has 0 aromatic heterocycles. The molecule has 1 aromatic carbocycles. The maximum Gasteiger partial charge on any atom is 0.179 e. The maximum atomic E-state index is 12.7. The zero-order chi connectivity index (χ0) is 14.8. The van der Waals surface area contributed by atoms with E-state index in [-0.39, 0.29) is 23.5 Å². The van der Waals surface area contributed by atoms with Gasteiger partial charge in [-0.25, -0.2) is 0 Å². The molecule has 0 saturated carbocycles. The van der Waals surface area contributed by atoms with E-state index >= 15 is 0 Å². The summed E-state index contributed by atoms with van der Waals surface area (Å²) in [6.45, 7) is 9.96. The highest BCUT2D eigenvalue weighted by molar-refractivity contribution is 6.00. The second-order valence-electron chi connectivity index (χ2n) is 6.27. The lowest BCUT2D eigenvalue weighted by Crippen LogP contribution is -2.56. The fourth-order valence-electron chi connectivity index (χ4n) is 3.14. The summed E-state index contributed by atoms with van der Waals surface area (Å²) in [5.74, 6) is 0.220. The Kier molecular flexibility index (Phi) is 4.61. The summed E-state index contributed by atoms with van der Waals surface area (Å²) in [4.78, 5) is 15.0. The number of Topliss-reactive ketones (excluding diaryl/α,β-unsaturated/α-hetero) is 1. The van der Waals surface area contributed by atoms with Crippen LogP contribution in [0, 0.1) is 0 Å². The SMILES string of the molecule is CCC(C(=O)c1ccccc1)N1CC(C)OC(C)(C)C1. The average molecular weight is 275 g/mol. The highest BCUT2D eigenvalue weighted by atomic mass is 16.5. The van der Waals surface area contributed by atoms with Gasteiger partial charge in [0.15, 0.2) is 5.78 Å². The number of nitrogens with zero attached hydrogens (tertiary/aromatic N) is 1. The second-order valence-corrected chi connectivity index (χ2v) is 6.27.